The lowest BCUT2D eigenvalue weighted by atomic mass is 10.1. The maximum Gasteiger partial charge on any atom is 0.418 e. The van der Waals surface area contributed by atoms with Crippen LogP contribution in [0.25, 0.3) is 16.6 Å². The molecule has 0 atom stereocenters. The van der Waals surface area contributed by atoms with Gasteiger partial charge in [-0.15, -0.1) is 0 Å². The van der Waals surface area contributed by atoms with Gasteiger partial charge in [0.05, 0.1) is 27.7 Å². The Morgan fingerprint density at radius 1 is 0.923 bits per heavy atom. The van der Waals surface area contributed by atoms with Gasteiger partial charge in [0.25, 0.3) is 5.56 Å². The summed E-state index contributed by atoms with van der Waals surface area (Å²) in [5.41, 5.74) is -4.39. The number of aromatic nitrogens is 2. The molecule has 0 aliphatic carbocycles. The van der Waals surface area contributed by atoms with Crippen molar-refractivity contribution in [2.24, 2.45) is 0 Å². The third-order valence-electron chi connectivity index (χ3n) is 3.68. The SMILES string of the molecule is O=c1c2ccccc2[nH]c(=S)n1-c1cc(C(F)(F)F)ccc1C(F)(F)F. The van der Waals surface area contributed by atoms with Crippen LogP contribution in [-0.2, 0) is 12.4 Å². The summed E-state index contributed by atoms with van der Waals surface area (Å²) in [4.78, 5) is 15.2. The highest BCUT2D eigenvalue weighted by molar-refractivity contribution is 7.71. The normalized spacial score (nSPS) is 12.5. The molecule has 0 aliphatic rings. The molecular weight excluding hydrogens is 382 g/mol. The molecule has 3 nitrogen and oxygen atoms in total. The summed E-state index contributed by atoms with van der Waals surface area (Å²) in [5, 5.41) is -0.00774. The van der Waals surface area contributed by atoms with Crippen LogP contribution in [0.2, 0.25) is 0 Å². The Morgan fingerprint density at radius 2 is 1.58 bits per heavy atom. The lowest BCUT2D eigenvalue weighted by molar-refractivity contribution is -0.141. The fourth-order valence-corrected chi connectivity index (χ4v) is 2.81. The Morgan fingerprint density at radius 3 is 2.19 bits per heavy atom. The number of H-pyrrole nitrogens is 1. The molecule has 0 aliphatic heterocycles. The van der Waals surface area contributed by atoms with Gasteiger partial charge < -0.3 is 4.98 Å². The Kier molecular flexibility index (Phi) is 4.18. The van der Waals surface area contributed by atoms with Crippen molar-refractivity contribution in [1.82, 2.24) is 9.55 Å². The predicted octanol–water partition coefficient (Wildman–Crippen LogP) is 5.09. The summed E-state index contributed by atoms with van der Waals surface area (Å²) in [7, 11) is 0. The van der Waals surface area contributed by atoms with E-state index in [1.54, 1.807) is 6.07 Å². The van der Waals surface area contributed by atoms with Crippen molar-refractivity contribution < 1.29 is 26.3 Å². The van der Waals surface area contributed by atoms with Crippen molar-refractivity contribution in [1.29, 1.82) is 0 Å². The lowest BCUT2D eigenvalue weighted by Gasteiger charge is -2.17. The van der Waals surface area contributed by atoms with Crippen LogP contribution >= 0.6 is 12.2 Å². The second kappa shape index (κ2) is 5.97. The van der Waals surface area contributed by atoms with E-state index in [9.17, 15) is 31.1 Å². The first-order valence-corrected chi connectivity index (χ1v) is 7.44. The summed E-state index contributed by atoms with van der Waals surface area (Å²) in [5.74, 6) is 0. The van der Waals surface area contributed by atoms with Crippen molar-refractivity contribution >= 4 is 23.1 Å². The van der Waals surface area contributed by atoms with Crippen molar-refractivity contribution in [3.63, 3.8) is 0 Å². The number of aromatic amines is 1. The minimum absolute atomic E-state index is 0.00774. The van der Waals surface area contributed by atoms with E-state index in [1.165, 1.54) is 18.2 Å². The van der Waals surface area contributed by atoms with Gasteiger partial charge >= 0.3 is 12.4 Å². The maximum atomic E-state index is 13.3. The molecule has 0 amide bonds. The Labute approximate surface area is 146 Å². The molecule has 26 heavy (non-hydrogen) atoms. The van der Waals surface area contributed by atoms with E-state index in [-0.39, 0.29) is 23.0 Å². The van der Waals surface area contributed by atoms with Crippen LogP contribution in [-0.4, -0.2) is 9.55 Å². The Bertz CT molecular complexity index is 1110. The van der Waals surface area contributed by atoms with Gasteiger partial charge in [-0.05, 0) is 42.5 Å². The van der Waals surface area contributed by atoms with Crippen molar-refractivity contribution in [3.05, 3.63) is 68.7 Å². The van der Waals surface area contributed by atoms with Crippen molar-refractivity contribution in [3.8, 4) is 5.69 Å². The zero-order valence-corrected chi connectivity index (χ0v) is 13.4. The van der Waals surface area contributed by atoms with Gasteiger partial charge in [0.2, 0.25) is 0 Å². The highest BCUT2D eigenvalue weighted by Crippen LogP contribution is 2.37. The zero-order chi connectivity index (χ0) is 19.3. The van der Waals surface area contributed by atoms with Crippen LogP contribution in [0, 0.1) is 4.77 Å². The average Bonchev–Trinajstić information content (AvgIpc) is 2.53. The summed E-state index contributed by atoms with van der Waals surface area (Å²) < 4.78 is 78.8. The number of benzene rings is 2. The van der Waals surface area contributed by atoms with E-state index < -0.39 is 39.5 Å². The van der Waals surface area contributed by atoms with Gasteiger partial charge in [-0.2, -0.15) is 26.3 Å². The van der Waals surface area contributed by atoms with Crippen LogP contribution in [0.3, 0.4) is 0 Å². The first kappa shape index (κ1) is 18.2. The van der Waals surface area contributed by atoms with Crippen molar-refractivity contribution in [2.75, 3.05) is 0 Å². The van der Waals surface area contributed by atoms with E-state index in [0.717, 1.165) is 0 Å². The number of rotatable bonds is 1. The molecule has 1 heterocycles. The molecule has 0 bridgehead atoms. The van der Waals surface area contributed by atoms with E-state index in [1.807, 2.05) is 0 Å². The number of nitrogens with zero attached hydrogens (tertiary/aromatic N) is 1. The van der Waals surface area contributed by atoms with Crippen LogP contribution in [0.5, 0.6) is 0 Å². The van der Waals surface area contributed by atoms with Gasteiger partial charge in [-0.3, -0.25) is 9.36 Å². The number of fused-ring (bicyclic) bond motifs is 1. The smallest absolute Gasteiger partial charge is 0.331 e. The largest absolute Gasteiger partial charge is 0.418 e. The highest BCUT2D eigenvalue weighted by Gasteiger charge is 2.38. The third kappa shape index (κ3) is 3.12. The third-order valence-corrected chi connectivity index (χ3v) is 3.96. The molecule has 0 unspecified atom stereocenters. The van der Waals surface area contributed by atoms with E-state index >= 15 is 0 Å². The molecule has 10 heteroatoms. The average molecular weight is 390 g/mol. The van der Waals surface area contributed by atoms with Crippen molar-refractivity contribution in [2.45, 2.75) is 12.4 Å². The van der Waals surface area contributed by atoms with Gasteiger partial charge in [0.15, 0.2) is 4.77 Å². The number of para-hydroxylation sites is 1. The number of hydrogen-bond acceptors (Lipinski definition) is 2. The summed E-state index contributed by atoms with van der Waals surface area (Å²) in [6.07, 6.45) is -9.86. The van der Waals surface area contributed by atoms with Gasteiger partial charge in [0, 0.05) is 0 Å². The number of nitrogens with one attached hydrogen (secondary N) is 1. The first-order valence-electron chi connectivity index (χ1n) is 7.03. The molecule has 0 saturated heterocycles. The summed E-state index contributed by atoms with van der Waals surface area (Å²) >= 11 is 4.93. The molecule has 0 radical (unpaired) electrons. The quantitative estimate of drug-likeness (QED) is 0.465. The minimum atomic E-state index is -4.98. The number of halogens is 6. The molecule has 0 fully saturated rings. The molecule has 136 valence electrons. The Balaban J connectivity index is 2.45. The molecule has 2 aromatic carbocycles. The molecule has 0 spiro atoms. The van der Waals surface area contributed by atoms with Crippen LogP contribution in [0.4, 0.5) is 26.3 Å². The molecule has 3 aromatic rings. The monoisotopic (exact) mass is 390 g/mol. The maximum absolute atomic E-state index is 13.3. The highest BCUT2D eigenvalue weighted by atomic mass is 32.1. The summed E-state index contributed by atoms with van der Waals surface area (Å²) in [6.45, 7) is 0. The van der Waals surface area contributed by atoms with E-state index in [0.29, 0.717) is 10.6 Å². The van der Waals surface area contributed by atoms with Crippen LogP contribution < -0.4 is 5.56 Å². The summed E-state index contributed by atoms with van der Waals surface area (Å²) in [6, 6.07) is 6.72. The predicted molar refractivity (Wildman–Crippen MR) is 84.7 cm³/mol. The van der Waals surface area contributed by atoms with Gasteiger partial charge in [-0.25, -0.2) is 0 Å². The second-order valence-corrected chi connectivity index (χ2v) is 5.73. The fourth-order valence-electron chi connectivity index (χ4n) is 2.51. The molecule has 1 N–H and O–H groups in total. The van der Waals surface area contributed by atoms with Crippen LogP contribution in [0.15, 0.2) is 47.3 Å². The van der Waals surface area contributed by atoms with E-state index in [2.05, 4.69) is 4.98 Å². The zero-order valence-electron chi connectivity index (χ0n) is 12.6. The molecule has 3 rings (SSSR count). The van der Waals surface area contributed by atoms with Crippen LogP contribution in [0.1, 0.15) is 11.1 Å². The standard InChI is InChI=1S/C16H8F6N2OS/c17-15(18,19)8-5-6-10(16(20,21)22)12(7-8)24-13(25)9-3-1-2-4-11(9)23-14(24)26/h1-7H,(H,23,26). The minimum Gasteiger partial charge on any atom is -0.331 e. The first-order chi connectivity index (χ1) is 12.0. The molecule has 0 saturated carbocycles. The molecule has 1 aromatic heterocycles. The lowest BCUT2D eigenvalue weighted by Crippen LogP contribution is -2.24. The molecular formula is C16H8F6N2OS. The van der Waals surface area contributed by atoms with E-state index in [4.69, 9.17) is 12.2 Å². The Hall–Kier alpha value is -2.62. The van der Waals surface area contributed by atoms with Gasteiger partial charge in [0.1, 0.15) is 0 Å². The fraction of sp³-hybridized carbons (Fsp3) is 0.125. The van der Waals surface area contributed by atoms with Gasteiger partial charge in [-0.1, -0.05) is 12.1 Å². The number of hydrogen-bond donors (Lipinski definition) is 1. The number of alkyl halides is 6. The topological polar surface area (TPSA) is 37.8 Å². The second-order valence-electron chi connectivity index (χ2n) is 5.34.